The van der Waals surface area contributed by atoms with Gasteiger partial charge in [0.2, 0.25) is 0 Å². The first-order valence-corrected chi connectivity index (χ1v) is 12.0. The highest BCUT2D eigenvalue weighted by Crippen LogP contribution is 2.45. The summed E-state index contributed by atoms with van der Waals surface area (Å²) in [5.74, 6) is -0.142. The summed E-state index contributed by atoms with van der Waals surface area (Å²) in [7, 11) is -3.68. The van der Waals surface area contributed by atoms with E-state index in [1.807, 2.05) is 4.90 Å². The quantitative estimate of drug-likeness (QED) is 0.470. The molecule has 2 aliphatic heterocycles. The molecule has 1 unspecified atom stereocenters. The van der Waals surface area contributed by atoms with Crippen LogP contribution in [-0.2, 0) is 14.6 Å². The molecule has 0 aromatic carbocycles. The second kappa shape index (κ2) is 7.11. The Morgan fingerprint density at radius 2 is 2.00 bits per heavy atom. The summed E-state index contributed by atoms with van der Waals surface area (Å²) in [5, 5.41) is 21.1. The van der Waals surface area contributed by atoms with Gasteiger partial charge < -0.3 is 10.8 Å². The molecule has 11 nitrogen and oxygen atoms in total. The van der Waals surface area contributed by atoms with Crippen LogP contribution < -0.4 is 5.73 Å². The van der Waals surface area contributed by atoms with Crippen molar-refractivity contribution < 1.29 is 18.3 Å². The van der Waals surface area contributed by atoms with E-state index in [1.165, 1.54) is 4.52 Å². The Hall–Kier alpha value is -2.83. The van der Waals surface area contributed by atoms with E-state index in [2.05, 4.69) is 15.3 Å². The van der Waals surface area contributed by atoms with Crippen molar-refractivity contribution in [2.45, 2.75) is 54.8 Å². The molecule has 0 radical (unpaired) electrons. The fourth-order valence-electron chi connectivity index (χ4n) is 5.22. The van der Waals surface area contributed by atoms with Gasteiger partial charge in [-0.05, 0) is 25.7 Å². The maximum absolute atomic E-state index is 12.7. The fourth-order valence-corrected chi connectivity index (χ4v) is 6.27. The zero-order chi connectivity index (χ0) is 21.9. The highest BCUT2D eigenvalue weighted by Gasteiger charge is 2.45. The number of aliphatic hydroxyl groups excluding tert-OH is 1. The molecule has 2 aliphatic rings. The van der Waals surface area contributed by atoms with E-state index in [-0.39, 0.29) is 28.7 Å². The second-order valence-electron chi connectivity index (χ2n) is 8.31. The minimum atomic E-state index is -3.68. The summed E-state index contributed by atoms with van der Waals surface area (Å²) in [5.41, 5.74) is 8.67. The number of aromatic nitrogens is 5. The van der Waals surface area contributed by atoms with Crippen LogP contribution in [0.4, 0.5) is 5.82 Å². The van der Waals surface area contributed by atoms with E-state index in [1.54, 1.807) is 18.6 Å². The molecule has 3 aromatic heterocycles. The maximum atomic E-state index is 12.7. The number of anilines is 1. The Bertz CT molecular complexity index is 1240. The van der Waals surface area contributed by atoms with E-state index in [0.29, 0.717) is 36.0 Å². The highest BCUT2D eigenvalue weighted by atomic mass is 32.2. The number of H-pyrrole nitrogens is 1. The number of carbonyl (C=O) groups excluding carboxylic acids is 1. The van der Waals surface area contributed by atoms with E-state index in [9.17, 15) is 18.3 Å². The highest BCUT2D eigenvalue weighted by molar-refractivity contribution is 7.91. The molecule has 0 aliphatic carbocycles. The molecule has 5 rings (SSSR count). The van der Waals surface area contributed by atoms with Crippen molar-refractivity contribution in [1.29, 1.82) is 0 Å². The van der Waals surface area contributed by atoms with Gasteiger partial charge in [-0.15, -0.1) is 0 Å². The summed E-state index contributed by atoms with van der Waals surface area (Å²) in [4.78, 5) is 17.8. The van der Waals surface area contributed by atoms with E-state index in [4.69, 9.17) is 10.7 Å². The van der Waals surface area contributed by atoms with Crippen molar-refractivity contribution in [1.82, 2.24) is 29.7 Å². The Morgan fingerprint density at radius 3 is 2.58 bits per heavy atom. The molecular weight excluding hydrogens is 422 g/mol. The monoisotopic (exact) mass is 445 g/mol. The standard InChI is InChI=1S/C19H23N7O4S/c1-31(29,30)17-16(10-4-12-2-3-13(5-10)25(12)15(28)9-27)24-19-14(11-6-21-22-7-11)8-23-26(19)18(17)20/h6-10,12-13,15,28H,2-5,20H2,1H3,(H,21,22)/t10-,12+,13-,15?. The van der Waals surface area contributed by atoms with Crippen molar-refractivity contribution in [2.24, 2.45) is 0 Å². The number of hydrogen-bond acceptors (Lipinski definition) is 9. The normalized spacial score (nSPS) is 25.2. The number of hydrogen-bond donors (Lipinski definition) is 3. The van der Waals surface area contributed by atoms with Gasteiger partial charge in [0, 0.05) is 41.6 Å². The zero-order valence-electron chi connectivity index (χ0n) is 16.8. The van der Waals surface area contributed by atoms with Gasteiger partial charge in [-0.2, -0.15) is 14.7 Å². The van der Waals surface area contributed by atoms with Crippen LogP contribution in [0.1, 0.15) is 37.3 Å². The van der Waals surface area contributed by atoms with Crippen LogP contribution in [0, 0.1) is 0 Å². The lowest BCUT2D eigenvalue weighted by Gasteiger charge is -2.40. The number of aromatic amines is 1. The first-order chi connectivity index (χ1) is 14.8. The van der Waals surface area contributed by atoms with Crippen molar-refractivity contribution in [3.05, 3.63) is 24.3 Å². The summed E-state index contributed by atoms with van der Waals surface area (Å²) < 4.78 is 26.8. The molecule has 4 atom stereocenters. The molecule has 0 saturated carbocycles. The molecule has 4 N–H and O–H groups in total. The second-order valence-corrected chi connectivity index (χ2v) is 10.3. The van der Waals surface area contributed by atoms with E-state index < -0.39 is 16.1 Å². The molecule has 0 amide bonds. The number of nitrogen functional groups attached to an aromatic ring is 1. The molecule has 0 spiro atoms. The van der Waals surface area contributed by atoms with Crippen LogP contribution in [0.15, 0.2) is 23.5 Å². The van der Waals surface area contributed by atoms with Crippen LogP contribution in [-0.4, -0.2) is 74.1 Å². The Labute approximate surface area is 178 Å². The zero-order valence-corrected chi connectivity index (χ0v) is 17.7. The topological polar surface area (TPSA) is 160 Å². The van der Waals surface area contributed by atoms with Gasteiger partial charge in [-0.3, -0.25) is 14.8 Å². The number of nitrogens with one attached hydrogen (secondary N) is 1. The minimum absolute atomic E-state index is 0.00405. The molecule has 31 heavy (non-hydrogen) atoms. The number of carbonyl (C=O) groups is 1. The molecular formula is C19H23N7O4S. The van der Waals surface area contributed by atoms with Gasteiger partial charge in [0.25, 0.3) is 0 Å². The van der Waals surface area contributed by atoms with Crippen LogP contribution in [0.2, 0.25) is 0 Å². The smallest absolute Gasteiger partial charge is 0.180 e. The summed E-state index contributed by atoms with van der Waals surface area (Å²) in [6, 6.07) is -0.0391. The van der Waals surface area contributed by atoms with Gasteiger partial charge >= 0.3 is 0 Å². The lowest BCUT2D eigenvalue weighted by Crippen LogP contribution is -2.49. The lowest BCUT2D eigenvalue weighted by atomic mass is 9.87. The molecule has 3 aromatic rings. The number of nitrogens with zero attached hydrogens (tertiary/aromatic N) is 5. The Kier molecular flexibility index (Phi) is 4.61. The maximum Gasteiger partial charge on any atom is 0.180 e. The number of rotatable bonds is 5. The molecule has 12 heteroatoms. The van der Waals surface area contributed by atoms with Gasteiger partial charge in [0.1, 0.15) is 10.7 Å². The molecule has 2 fully saturated rings. The summed E-state index contributed by atoms with van der Waals surface area (Å²) in [6.45, 7) is 0. The van der Waals surface area contributed by atoms with Gasteiger partial charge in [0.05, 0.1) is 18.1 Å². The molecule has 2 bridgehead atoms. The van der Waals surface area contributed by atoms with Crippen molar-refractivity contribution in [2.75, 3.05) is 12.0 Å². The average Bonchev–Trinajstić information content (AvgIpc) is 3.44. The number of aliphatic hydroxyl groups is 1. The van der Waals surface area contributed by atoms with Crippen molar-refractivity contribution >= 4 is 27.6 Å². The molecule has 2 saturated heterocycles. The number of aldehydes is 1. The Morgan fingerprint density at radius 1 is 1.29 bits per heavy atom. The van der Waals surface area contributed by atoms with E-state index in [0.717, 1.165) is 24.7 Å². The largest absolute Gasteiger partial charge is 0.382 e. The minimum Gasteiger partial charge on any atom is -0.382 e. The van der Waals surface area contributed by atoms with Gasteiger partial charge in [-0.25, -0.2) is 13.4 Å². The third-order valence-electron chi connectivity index (χ3n) is 6.45. The number of piperidine rings is 1. The third kappa shape index (κ3) is 3.13. The van der Waals surface area contributed by atoms with Crippen molar-refractivity contribution in [3.8, 4) is 11.1 Å². The third-order valence-corrected chi connectivity index (χ3v) is 7.61. The number of fused-ring (bicyclic) bond motifs is 3. The van der Waals surface area contributed by atoms with Crippen molar-refractivity contribution in [3.63, 3.8) is 0 Å². The predicted molar refractivity (Wildman–Crippen MR) is 111 cm³/mol. The molecule has 164 valence electrons. The average molecular weight is 446 g/mol. The molecule has 5 heterocycles. The predicted octanol–water partition coefficient (Wildman–Crippen LogP) is 0.333. The summed E-state index contributed by atoms with van der Waals surface area (Å²) in [6.07, 6.45) is 8.30. The summed E-state index contributed by atoms with van der Waals surface area (Å²) >= 11 is 0. The van der Waals surface area contributed by atoms with Crippen LogP contribution in [0.5, 0.6) is 0 Å². The number of nitrogens with two attached hydrogens (primary N) is 1. The first kappa shape index (κ1) is 20.1. The fraction of sp³-hybridized carbons (Fsp3) is 0.474. The lowest BCUT2D eigenvalue weighted by molar-refractivity contribution is -0.129. The SMILES string of the molecule is CS(=O)(=O)c1c([C@H]2C[C@H]3CC[C@@H](C2)N3C(O)C=O)nc2c(-c3cn[nH]c3)cnn2c1N. The van der Waals surface area contributed by atoms with Crippen LogP contribution in [0.3, 0.4) is 0 Å². The van der Waals surface area contributed by atoms with Crippen LogP contribution in [0.25, 0.3) is 16.8 Å². The number of sulfone groups is 1. The van der Waals surface area contributed by atoms with Gasteiger partial charge in [0.15, 0.2) is 28.0 Å². The van der Waals surface area contributed by atoms with E-state index >= 15 is 0 Å². The first-order valence-electron chi connectivity index (χ1n) is 10.1. The van der Waals surface area contributed by atoms with Crippen LogP contribution >= 0.6 is 0 Å². The van der Waals surface area contributed by atoms with Gasteiger partial charge in [-0.1, -0.05) is 0 Å². The Balaban J connectivity index is 1.66.